The van der Waals surface area contributed by atoms with E-state index in [9.17, 15) is 0 Å². The van der Waals surface area contributed by atoms with Crippen molar-refractivity contribution in [3.05, 3.63) is 35.4 Å². The van der Waals surface area contributed by atoms with Crippen molar-refractivity contribution in [1.82, 2.24) is 5.43 Å². The number of benzene rings is 1. The zero-order valence-electron chi connectivity index (χ0n) is 11.4. The number of ether oxygens (including phenoxy) is 1. The summed E-state index contributed by atoms with van der Waals surface area (Å²) in [6, 6.07) is 8.96. The summed E-state index contributed by atoms with van der Waals surface area (Å²) < 4.78 is 5.77. The van der Waals surface area contributed by atoms with Crippen molar-refractivity contribution in [2.45, 2.75) is 45.3 Å². The first-order valence-corrected chi connectivity index (χ1v) is 6.96. The van der Waals surface area contributed by atoms with E-state index in [0.717, 1.165) is 25.9 Å². The molecule has 0 spiro atoms. The molecule has 0 aliphatic carbocycles. The number of rotatable bonds is 5. The van der Waals surface area contributed by atoms with Crippen LogP contribution < -0.4 is 11.3 Å². The van der Waals surface area contributed by atoms with E-state index >= 15 is 0 Å². The van der Waals surface area contributed by atoms with E-state index in [2.05, 4.69) is 43.5 Å². The lowest BCUT2D eigenvalue weighted by Crippen LogP contribution is -2.36. The van der Waals surface area contributed by atoms with Crippen LogP contribution in [0.15, 0.2) is 24.3 Å². The van der Waals surface area contributed by atoms with Gasteiger partial charge in [0.05, 0.1) is 12.1 Å². The highest BCUT2D eigenvalue weighted by Gasteiger charge is 2.33. The van der Waals surface area contributed by atoms with Gasteiger partial charge in [0.1, 0.15) is 0 Å². The van der Waals surface area contributed by atoms with Crippen LogP contribution in [0.25, 0.3) is 0 Å². The second-order valence-electron chi connectivity index (χ2n) is 5.01. The van der Waals surface area contributed by atoms with Gasteiger partial charge in [0.25, 0.3) is 0 Å². The summed E-state index contributed by atoms with van der Waals surface area (Å²) in [4.78, 5) is 0. The molecule has 0 radical (unpaired) electrons. The van der Waals surface area contributed by atoms with Crippen molar-refractivity contribution < 1.29 is 4.74 Å². The standard InChI is InChI=1S/C15H24N2O/c1-3-11-5-7-12(8-6-11)15(17-16)13-9-10-18-14(13)4-2/h5-8,13-15,17H,3-4,9-10,16H2,1-2H3. The Hall–Kier alpha value is -0.900. The Morgan fingerprint density at radius 2 is 2.06 bits per heavy atom. The molecule has 0 amide bonds. The van der Waals surface area contributed by atoms with Crippen LogP contribution in [0.2, 0.25) is 0 Å². The van der Waals surface area contributed by atoms with Gasteiger partial charge in [-0.25, -0.2) is 0 Å². The van der Waals surface area contributed by atoms with Gasteiger partial charge < -0.3 is 4.74 Å². The zero-order chi connectivity index (χ0) is 13.0. The van der Waals surface area contributed by atoms with E-state index in [4.69, 9.17) is 10.6 Å². The first-order chi connectivity index (χ1) is 8.80. The Kier molecular flexibility index (Phi) is 4.75. The molecule has 3 heteroatoms. The second-order valence-corrected chi connectivity index (χ2v) is 5.01. The predicted molar refractivity (Wildman–Crippen MR) is 74.0 cm³/mol. The Morgan fingerprint density at radius 1 is 1.33 bits per heavy atom. The van der Waals surface area contributed by atoms with Gasteiger partial charge in [-0.05, 0) is 30.4 Å². The summed E-state index contributed by atoms with van der Waals surface area (Å²) >= 11 is 0. The van der Waals surface area contributed by atoms with Crippen molar-refractivity contribution in [3.63, 3.8) is 0 Å². The fraction of sp³-hybridized carbons (Fsp3) is 0.600. The molecule has 1 saturated heterocycles. The minimum absolute atomic E-state index is 0.198. The Bertz CT molecular complexity index is 363. The molecule has 0 saturated carbocycles. The molecule has 1 aliphatic heterocycles. The van der Waals surface area contributed by atoms with Crippen LogP contribution in [0.1, 0.15) is 43.9 Å². The van der Waals surface area contributed by atoms with Crippen LogP contribution in [-0.2, 0) is 11.2 Å². The molecule has 1 heterocycles. The molecule has 0 bridgehead atoms. The first kappa shape index (κ1) is 13.5. The summed E-state index contributed by atoms with van der Waals surface area (Å²) in [5.74, 6) is 6.25. The summed E-state index contributed by atoms with van der Waals surface area (Å²) in [6.45, 7) is 5.21. The van der Waals surface area contributed by atoms with Crippen LogP contribution in [0, 0.1) is 5.92 Å². The number of hydrazine groups is 1. The van der Waals surface area contributed by atoms with Crippen molar-refractivity contribution in [2.75, 3.05) is 6.61 Å². The Morgan fingerprint density at radius 3 is 2.61 bits per heavy atom. The maximum absolute atomic E-state index is 5.77. The van der Waals surface area contributed by atoms with E-state index in [0.29, 0.717) is 12.0 Å². The molecule has 3 N–H and O–H groups in total. The predicted octanol–water partition coefficient (Wildman–Crippen LogP) is 2.57. The SMILES string of the molecule is CCc1ccc(C(NN)C2CCOC2CC)cc1. The minimum Gasteiger partial charge on any atom is -0.378 e. The average molecular weight is 248 g/mol. The highest BCUT2D eigenvalue weighted by Crippen LogP contribution is 2.34. The lowest BCUT2D eigenvalue weighted by Gasteiger charge is -2.27. The fourth-order valence-electron chi connectivity index (χ4n) is 2.89. The highest BCUT2D eigenvalue weighted by atomic mass is 16.5. The third kappa shape index (κ3) is 2.74. The maximum Gasteiger partial charge on any atom is 0.0620 e. The minimum atomic E-state index is 0.198. The van der Waals surface area contributed by atoms with Gasteiger partial charge in [0, 0.05) is 12.5 Å². The van der Waals surface area contributed by atoms with E-state index in [1.165, 1.54) is 11.1 Å². The van der Waals surface area contributed by atoms with Gasteiger partial charge in [-0.3, -0.25) is 11.3 Å². The molecule has 3 nitrogen and oxygen atoms in total. The van der Waals surface area contributed by atoms with Gasteiger partial charge in [-0.15, -0.1) is 0 Å². The molecule has 1 aliphatic rings. The van der Waals surface area contributed by atoms with E-state index in [1.807, 2.05) is 0 Å². The molecular formula is C15H24N2O. The summed E-state index contributed by atoms with van der Waals surface area (Å²) in [7, 11) is 0. The molecular weight excluding hydrogens is 224 g/mol. The van der Waals surface area contributed by atoms with Crippen LogP contribution in [0.4, 0.5) is 0 Å². The third-order valence-corrected chi connectivity index (χ3v) is 4.02. The molecule has 18 heavy (non-hydrogen) atoms. The third-order valence-electron chi connectivity index (χ3n) is 4.02. The van der Waals surface area contributed by atoms with Gasteiger partial charge in [-0.1, -0.05) is 38.1 Å². The van der Waals surface area contributed by atoms with Gasteiger partial charge in [-0.2, -0.15) is 0 Å². The van der Waals surface area contributed by atoms with Gasteiger partial charge in [0.15, 0.2) is 0 Å². The van der Waals surface area contributed by atoms with Crippen molar-refractivity contribution in [1.29, 1.82) is 0 Å². The first-order valence-electron chi connectivity index (χ1n) is 6.96. The van der Waals surface area contributed by atoms with Crippen LogP contribution in [-0.4, -0.2) is 12.7 Å². The number of hydrogen-bond acceptors (Lipinski definition) is 3. The molecule has 3 unspecified atom stereocenters. The zero-order valence-corrected chi connectivity index (χ0v) is 11.4. The number of hydrogen-bond donors (Lipinski definition) is 2. The van der Waals surface area contributed by atoms with Crippen molar-refractivity contribution >= 4 is 0 Å². The largest absolute Gasteiger partial charge is 0.378 e. The number of aryl methyl sites for hydroxylation is 1. The van der Waals surface area contributed by atoms with E-state index in [-0.39, 0.29) is 6.04 Å². The molecule has 3 atom stereocenters. The monoisotopic (exact) mass is 248 g/mol. The normalized spacial score (nSPS) is 25.3. The van der Waals surface area contributed by atoms with Crippen molar-refractivity contribution in [2.24, 2.45) is 11.8 Å². The van der Waals surface area contributed by atoms with Crippen LogP contribution >= 0.6 is 0 Å². The number of nitrogens with one attached hydrogen (secondary N) is 1. The topological polar surface area (TPSA) is 47.3 Å². The summed E-state index contributed by atoms with van der Waals surface area (Å²) in [6.07, 6.45) is 3.54. The van der Waals surface area contributed by atoms with E-state index < -0.39 is 0 Å². The molecule has 100 valence electrons. The smallest absolute Gasteiger partial charge is 0.0620 e. The molecule has 2 rings (SSSR count). The molecule has 0 aromatic heterocycles. The van der Waals surface area contributed by atoms with Crippen LogP contribution in [0.3, 0.4) is 0 Å². The quantitative estimate of drug-likeness (QED) is 0.622. The fourth-order valence-corrected chi connectivity index (χ4v) is 2.89. The molecule has 1 aromatic rings. The summed E-state index contributed by atoms with van der Waals surface area (Å²) in [5, 5.41) is 0. The van der Waals surface area contributed by atoms with E-state index in [1.54, 1.807) is 0 Å². The summed E-state index contributed by atoms with van der Waals surface area (Å²) in [5.41, 5.74) is 5.61. The van der Waals surface area contributed by atoms with Gasteiger partial charge in [0.2, 0.25) is 0 Å². The second kappa shape index (κ2) is 6.32. The lowest BCUT2D eigenvalue weighted by atomic mass is 9.87. The van der Waals surface area contributed by atoms with Crippen molar-refractivity contribution in [3.8, 4) is 0 Å². The Labute approximate surface area is 110 Å². The number of nitrogens with two attached hydrogens (primary N) is 1. The lowest BCUT2D eigenvalue weighted by molar-refractivity contribution is 0.0774. The highest BCUT2D eigenvalue weighted by molar-refractivity contribution is 5.26. The van der Waals surface area contributed by atoms with Gasteiger partial charge >= 0.3 is 0 Å². The van der Waals surface area contributed by atoms with Crippen LogP contribution in [0.5, 0.6) is 0 Å². The Balaban J connectivity index is 2.16. The molecule has 1 aromatic carbocycles. The average Bonchev–Trinajstić information content (AvgIpc) is 2.89. The molecule has 1 fully saturated rings. The maximum atomic E-state index is 5.77.